The van der Waals surface area contributed by atoms with Gasteiger partial charge < -0.3 is 10.7 Å². The van der Waals surface area contributed by atoms with E-state index in [2.05, 4.69) is 4.98 Å². The Labute approximate surface area is 124 Å². The Hall–Kier alpha value is -1.97. The highest BCUT2D eigenvalue weighted by atomic mass is 35.5. The van der Waals surface area contributed by atoms with Gasteiger partial charge in [-0.25, -0.2) is 0 Å². The highest BCUT2D eigenvalue weighted by Crippen LogP contribution is 2.36. The Bertz CT molecular complexity index is 871. The number of halogens is 2. The van der Waals surface area contributed by atoms with Crippen molar-refractivity contribution < 1.29 is 0 Å². The summed E-state index contributed by atoms with van der Waals surface area (Å²) in [5, 5.41) is 1.87. The number of nitrogens with one attached hydrogen (secondary N) is 1. The molecule has 20 heavy (non-hydrogen) atoms. The topological polar surface area (TPSA) is 58.9 Å². The van der Waals surface area contributed by atoms with Crippen LogP contribution in [0.15, 0.2) is 47.3 Å². The first-order valence-corrected chi connectivity index (χ1v) is 6.69. The van der Waals surface area contributed by atoms with Crippen LogP contribution in [0.5, 0.6) is 0 Å². The van der Waals surface area contributed by atoms with Crippen molar-refractivity contribution in [3.8, 4) is 11.1 Å². The molecule has 0 radical (unpaired) electrons. The summed E-state index contributed by atoms with van der Waals surface area (Å²) in [7, 11) is 0. The van der Waals surface area contributed by atoms with Crippen molar-refractivity contribution >= 4 is 39.8 Å². The highest BCUT2D eigenvalue weighted by Gasteiger charge is 2.14. The number of benzene rings is 2. The highest BCUT2D eigenvalue weighted by molar-refractivity contribution is 6.34. The lowest BCUT2D eigenvalue weighted by Gasteiger charge is -2.11. The smallest absolute Gasteiger partial charge is 0.272 e. The molecule has 0 unspecified atom stereocenters. The van der Waals surface area contributed by atoms with Crippen LogP contribution in [-0.4, -0.2) is 4.98 Å². The van der Waals surface area contributed by atoms with Crippen molar-refractivity contribution in [2.24, 2.45) is 0 Å². The maximum absolute atomic E-state index is 12.0. The predicted molar refractivity (Wildman–Crippen MR) is 84.4 cm³/mol. The molecule has 0 amide bonds. The van der Waals surface area contributed by atoms with E-state index < -0.39 is 0 Å². The zero-order valence-corrected chi connectivity index (χ0v) is 11.8. The minimum absolute atomic E-state index is 0.132. The van der Waals surface area contributed by atoms with E-state index in [9.17, 15) is 4.79 Å². The van der Waals surface area contributed by atoms with E-state index in [1.54, 1.807) is 24.3 Å². The third kappa shape index (κ3) is 2.05. The van der Waals surface area contributed by atoms with Crippen LogP contribution in [0.25, 0.3) is 22.0 Å². The molecule has 0 saturated heterocycles. The van der Waals surface area contributed by atoms with Gasteiger partial charge in [-0.05, 0) is 24.3 Å². The molecule has 3 aromatic rings. The molecule has 0 aliphatic rings. The minimum Gasteiger partial charge on any atom is -0.394 e. The first-order valence-electron chi connectivity index (χ1n) is 5.94. The molecule has 1 heterocycles. The Balaban J connectivity index is 2.51. The molecule has 0 spiro atoms. The molecule has 0 aliphatic carbocycles. The Morgan fingerprint density at radius 1 is 1.05 bits per heavy atom. The van der Waals surface area contributed by atoms with Gasteiger partial charge in [-0.1, -0.05) is 41.4 Å². The number of aromatic nitrogens is 1. The summed E-state index contributed by atoms with van der Waals surface area (Å²) < 4.78 is 0. The number of fused-ring (bicyclic) bond motifs is 1. The maximum Gasteiger partial charge on any atom is 0.272 e. The normalized spacial score (nSPS) is 10.9. The van der Waals surface area contributed by atoms with Crippen LogP contribution in [0, 0.1) is 0 Å². The maximum atomic E-state index is 12.0. The van der Waals surface area contributed by atoms with Gasteiger partial charge in [0.2, 0.25) is 0 Å². The number of aromatic amines is 1. The first-order chi connectivity index (χ1) is 9.58. The lowest BCUT2D eigenvalue weighted by atomic mass is 9.99. The molecule has 0 bridgehead atoms. The molecule has 5 heteroatoms. The Morgan fingerprint density at radius 2 is 1.80 bits per heavy atom. The van der Waals surface area contributed by atoms with Crippen LogP contribution in [0.2, 0.25) is 10.0 Å². The van der Waals surface area contributed by atoms with E-state index in [1.807, 2.05) is 18.2 Å². The van der Waals surface area contributed by atoms with Crippen molar-refractivity contribution in [3.63, 3.8) is 0 Å². The van der Waals surface area contributed by atoms with Crippen molar-refractivity contribution in [2.45, 2.75) is 0 Å². The number of pyridine rings is 1. The second-order valence-corrected chi connectivity index (χ2v) is 5.26. The van der Waals surface area contributed by atoms with E-state index in [1.165, 1.54) is 0 Å². The molecule has 3 rings (SSSR count). The van der Waals surface area contributed by atoms with Crippen molar-refractivity contribution in [1.82, 2.24) is 4.98 Å². The van der Waals surface area contributed by atoms with Crippen molar-refractivity contribution in [1.29, 1.82) is 0 Å². The van der Waals surface area contributed by atoms with E-state index >= 15 is 0 Å². The molecule has 0 fully saturated rings. The minimum atomic E-state index is -0.338. The quantitative estimate of drug-likeness (QED) is 0.711. The third-order valence-corrected chi connectivity index (χ3v) is 3.72. The van der Waals surface area contributed by atoms with Crippen LogP contribution >= 0.6 is 23.2 Å². The fourth-order valence-electron chi connectivity index (χ4n) is 2.23. The number of nitrogens with two attached hydrogens (primary N) is 1. The monoisotopic (exact) mass is 304 g/mol. The SMILES string of the molecule is Nc1c(-c2ccccc2Cl)c2cc(Cl)ccc2[nH]c1=O. The summed E-state index contributed by atoms with van der Waals surface area (Å²) in [6.07, 6.45) is 0. The fraction of sp³-hybridized carbons (Fsp3) is 0. The summed E-state index contributed by atoms with van der Waals surface area (Å²) >= 11 is 12.3. The van der Waals surface area contributed by atoms with Gasteiger partial charge in [0.05, 0.1) is 0 Å². The van der Waals surface area contributed by atoms with Crippen LogP contribution in [0.3, 0.4) is 0 Å². The van der Waals surface area contributed by atoms with E-state index in [4.69, 9.17) is 28.9 Å². The molecular weight excluding hydrogens is 295 g/mol. The third-order valence-electron chi connectivity index (χ3n) is 3.16. The van der Waals surface area contributed by atoms with E-state index in [-0.39, 0.29) is 11.2 Å². The molecule has 100 valence electrons. The predicted octanol–water partition coefficient (Wildman–Crippen LogP) is 4.08. The Kier molecular flexibility index (Phi) is 3.16. The van der Waals surface area contributed by atoms with Crippen LogP contribution in [0.1, 0.15) is 0 Å². The van der Waals surface area contributed by atoms with Crippen LogP contribution in [0.4, 0.5) is 5.69 Å². The molecule has 3 N–H and O–H groups in total. The second-order valence-electron chi connectivity index (χ2n) is 4.41. The van der Waals surface area contributed by atoms with Gasteiger partial charge in [-0.2, -0.15) is 0 Å². The lowest BCUT2D eigenvalue weighted by molar-refractivity contribution is 1.31. The van der Waals surface area contributed by atoms with Gasteiger partial charge in [0, 0.05) is 32.1 Å². The Morgan fingerprint density at radius 3 is 2.55 bits per heavy atom. The molecule has 1 aromatic heterocycles. The first kappa shape index (κ1) is 13.0. The molecule has 3 nitrogen and oxygen atoms in total. The van der Waals surface area contributed by atoms with Gasteiger partial charge in [0.25, 0.3) is 5.56 Å². The zero-order chi connectivity index (χ0) is 14.3. The molecule has 0 atom stereocenters. The van der Waals surface area contributed by atoms with Gasteiger partial charge in [-0.15, -0.1) is 0 Å². The molecular formula is C15H10Cl2N2O. The summed E-state index contributed by atoms with van der Waals surface area (Å²) in [4.78, 5) is 14.7. The van der Waals surface area contributed by atoms with Crippen molar-refractivity contribution in [2.75, 3.05) is 5.73 Å². The molecule has 2 aromatic carbocycles. The van der Waals surface area contributed by atoms with Gasteiger partial charge in [0.15, 0.2) is 0 Å². The average Bonchev–Trinajstić information content (AvgIpc) is 2.42. The number of nitrogen functional groups attached to an aromatic ring is 1. The summed E-state index contributed by atoms with van der Waals surface area (Å²) in [6.45, 7) is 0. The fourth-order valence-corrected chi connectivity index (χ4v) is 2.64. The van der Waals surface area contributed by atoms with E-state index in [0.29, 0.717) is 26.7 Å². The van der Waals surface area contributed by atoms with Gasteiger partial charge in [-0.3, -0.25) is 4.79 Å². The standard InChI is InChI=1S/C15H10Cl2N2O/c16-8-5-6-12-10(7-8)13(14(18)15(20)19-12)9-3-1-2-4-11(9)17/h1-7H,18H2,(H,19,20). The number of anilines is 1. The van der Waals surface area contributed by atoms with E-state index in [0.717, 1.165) is 5.39 Å². The largest absolute Gasteiger partial charge is 0.394 e. The summed E-state index contributed by atoms with van der Waals surface area (Å²) in [6, 6.07) is 12.5. The molecule has 0 aliphatic heterocycles. The van der Waals surface area contributed by atoms with Gasteiger partial charge in [0.1, 0.15) is 5.69 Å². The molecule has 0 saturated carbocycles. The van der Waals surface area contributed by atoms with Gasteiger partial charge >= 0.3 is 0 Å². The second kappa shape index (κ2) is 4.85. The number of rotatable bonds is 1. The van der Waals surface area contributed by atoms with Crippen molar-refractivity contribution in [3.05, 3.63) is 62.9 Å². The zero-order valence-electron chi connectivity index (χ0n) is 10.3. The average molecular weight is 305 g/mol. The summed E-state index contributed by atoms with van der Waals surface area (Å²) in [5.41, 5.74) is 7.74. The van der Waals surface area contributed by atoms with Crippen LogP contribution < -0.4 is 11.3 Å². The number of H-pyrrole nitrogens is 1. The lowest BCUT2D eigenvalue weighted by Crippen LogP contribution is -2.13. The number of hydrogen-bond donors (Lipinski definition) is 2. The number of hydrogen-bond acceptors (Lipinski definition) is 2. The summed E-state index contributed by atoms with van der Waals surface area (Å²) in [5.74, 6) is 0. The van der Waals surface area contributed by atoms with Crippen LogP contribution in [-0.2, 0) is 0 Å².